The molecule has 0 aromatic carbocycles. The van der Waals surface area contributed by atoms with Crippen molar-refractivity contribution >= 4 is 5.91 Å². The van der Waals surface area contributed by atoms with Gasteiger partial charge >= 0.3 is 0 Å². The van der Waals surface area contributed by atoms with Crippen molar-refractivity contribution in [2.75, 3.05) is 19.6 Å². The first kappa shape index (κ1) is 14.0. The Morgan fingerprint density at radius 3 is 1.95 bits per heavy atom. The average Bonchev–Trinajstić information content (AvgIpc) is 2.46. The number of amides is 1. The van der Waals surface area contributed by atoms with E-state index in [9.17, 15) is 4.79 Å². The minimum atomic E-state index is 0.0468. The number of nitrogens with zero attached hydrogens (tertiary/aromatic N) is 1. The van der Waals surface area contributed by atoms with Crippen LogP contribution in [0.3, 0.4) is 0 Å². The monoisotopic (exact) mass is 290 g/mol. The molecule has 0 aromatic heterocycles. The molecule has 4 saturated carbocycles. The minimum absolute atomic E-state index is 0.0468. The zero-order valence-corrected chi connectivity index (χ0v) is 13.4. The number of piperidine rings is 1. The fraction of sp³-hybridized carbons (Fsp3) is 0.944. The molecular weight excluding hydrogens is 260 g/mol. The van der Waals surface area contributed by atoms with Crippen LogP contribution in [0.5, 0.6) is 0 Å². The highest BCUT2D eigenvalue weighted by atomic mass is 16.2. The van der Waals surface area contributed by atoms with E-state index in [0.29, 0.717) is 5.91 Å². The van der Waals surface area contributed by atoms with Crippen LogP contribution in [-0.4, -0.2) is 30.4 Å². The third kappa shape index (κ3) is 2.23. The molecule has 2 N–H and O–H groups in total. The van der Waals surface area contributed by atoms with Crippen molar-refractivity contribution in [3.63, 3.8) is 0 Å². The largest absolute Gasteiger partial charge is 0.342 e. The van der Waals surface area contributed by atoms with Crippen molar-refractivity contribution in [2.45, 2.75) is 58.3 Å². The van der Waals surface area contributed by atoms with Gasteiger partial charge in [-0.05, 0) is 81.1 Å². The van der Waals surface area contributed by atoms with Crippen molar-refractivity contribution in [3.8, 4) is 0 Å². The third-order valence-electron chi connectivity index (χ3n) is 7.24. The van der Waals surface area contributed by atoms with Gasteiger partial charge in [0.05, 0.1) is 5.41 Å². The number of nitrogens with two attached hydrogens (primary N) is 1. The molecule has 3 heteroatoms. The number of rotatable bonds is 2. The molecule has 5 aliphatic rings. The van der Waals surface area contributed by atoms with Crippen LogP contribution in [0.25, 0.3) is 0 Å². The molecule has 0 unspecified atom stereocenters. The second-order valence-electron chi connectivity index (χ2n) is 9.00. The zero-order chi connectivity index (χ0) is 14.7. The van der Waals surface area contributed by atoms with Gasteiger partial charge in [0, 0.05) is 13.1 Å². The van der Waals surface area contributed by atoms with Crippen molar-refractivity contribution in [2.24, 2.45) is 34.3 Å². The highest BCUT2D eigenvalue weighted by Gasteiger charge is 2.55. The maximum atomic E-state index is 13.2. The number of hydrogen-bond acceptors (Lipinski definition) is 2. The Morgan fingerprint density at radius 1 is 1.05 bits per heavy atom. The predicted molar refractivity (Wildman–Crippen MR) is 83.6 cm³/mol. The second-order valence-corrected chi connectivity index (χ2v) is 9.00. The number of hydrogen-bond donors (Lipinski definition) is 1. The van der Waals surface area contributed by atoms with Gasteiger partial charge in [-0.25, -0.2) is 0 Å². The summed E-state index contributed by atoms with van der Waals surface area (Å²) in [5, 5.41) is 0. The fourth-order valence-electron chi connectivity index (χ4n) is 6.16. The Bertz CT molecular complexity index is 401. The van der Waals surface area contributed by atoms with E-state index in [1.807, 2.05) is 0 Å². The van der Waals surface area contributed by atoms with Crippen LogP contribution >= 0.6 is 0 Å². The molecule has 1 heterocycles. The van der Waals surface area contributed by atoms with Gasteiger partial charge in [0.15, 0.2) is 0 Å². The Kier molecular flexibility index (Phi) is 3.15. The van der Waals surface area contributed by atoms with Crippen LogP contribution in [0.2, 0.25) is 0 Å². The zero-order valence-electron chi connectivity index (χ0n) is 13.4. The number of carbonyl (C=O) groups excluding carboxylic acids is 1. The van der Waals surface area contributed by atoms with Gasteiger partial charge < -0.3 is 10.6 Å². The maximum Gasteiger partial charge on any atom is 0.228 e. The van der Waals surface area contributed by atoms with Crippen molar-refractivity contribution in [1.29, 1.82) is 0 Å². The Labute approximate surface area is 128 Å². The molecule has 0 atom stereocenters. The Balaban J connectivity index is 1.48. The normalized spacial score (nSPS) is 44.1. The molecular formula is C18H30N2O. The van der Waals surface area contributed by atoms with Gasteiger partial charge in [0.25, 0.3) is 0 Å². The molecule has 4 bridgehead atoms. The van der Waals surface area contributed by atoms with Crippen LogP contribution in [-0.2, 0) is 4.79 Å². The summed E-state index contributed by atoms with van der Waals surface area (Å²) in [5.41, 5.74) is 6.21. The molecule has 1 aliphatic heterocycles. The quantitative estimate of drug-likeness (QED) is 0.850. The highest BCUT2D eigenvalue weighted by molar-refractivity contribution is 5.83. The lowest BCUT2D eigenvalue weighted by Gasteiger charge is -2.57. The molecule has 21 heavy (non-hydrogen) atoms. The Hall–Kier alpha value is -0.570. The standard InChI is InChI=1S/C18H30N2O/c1-17(12-19)2-4-20(5-3-17)16(21)18-9-13-6-14(10-18)8-15(7-13)11-18/h13-15H,2-12,19H2,1H3. The summed E-state index contributed by atoms with van der Waals surface area (Å²) >= 11 is 0. The van der Waals surface area contributed by atoms with E-state index in [1.54, 1.807) is 0 Å². The first-order valence-electron chi connectivity index (χ1n) is 9.01. The van der Waals surface area contributed by atoms with E-state index in [-0.39, 0.29) is 10.8 Å². The lowest BCUT2D eigenvalue weighted by atomic mass is 9.49. The highest BCUT2D eigenvalue weighted by Crippen LogP contribution is 2.60. The van der Waals surface area contributed by atoms with E-state index >= 15 is 0 Å². The number of carbonyl (C=O) groups is 1. The molecule has 1 saturated heterocycles. The van der Waals surface area contributed by atoms with Gasteiger partial charge in [-0.15, -0.1) is 0 Å². The summed E-state index contributed by atoms with van der Waals surface area (Å²) in [4.78, 5) is 15.4. The van der Waals surface area contributed by atoms with E-state index in [2.05, 4.69) is 11.8 Å². The molecule has 3 nitrogen and oxygen atoms in total. The van der Waals surface area contributed by atoms with Crippen molar-refractivity contribution in [3.05, 3.63) is 0 Å². The summed E-state index contributed by atoms with van der Waals surface area (Å²) in [6.07, 6.45) is 10.0. The molecule has 5 fully saturated rings. The first-order chi connectivity index (χ1) is 10.0. The lowest BCUT2D eigenvalue weighted by Crippen LogP contribution is -2.56. The van der Waals surface area contributed by atoms with E-state index in [0.717, 1.165) is 50.2 Å². The molecule has 118 valence electrons. The van der Waals surface area contributed by atoms with E-state index in [4.69, 9.17) is 5.73 Å². The Morgan fingerprint density at radius 2 is 1.52 bits per heavy atom. The van der Waals surface area contributed by atoms with Crippen LogP contribution in [0, 0.1) is 28.6 Å². The molecule has 0 spiro atoms. The van der Waals surface area contributed by atoms with Gasteiger partial charge in [0.2, 0.25) is 5.91 Å². The summed E-state index contributed by atoms with van der Waals surface area (Å²) in [7, 11) is 0. The van der Waals surface area contributed by atoms with Gasteiger partial charge in [-0.1, -0.05) is 6.92 Å². The summed E-state index contributed by atoms with van der Waals surface area (Å²) in [6.45, 7) is 4.91. The minimum Gasteiger partial charge on any atom is -0.342 e. The van der Waals surface area contributed by atoms with Crippen LogP contribution in [0.4, 0.5) is 0 Å². The van der Waals surface area contributed by atoms with E-state index in [1.165, 1.54) is 38.5 Å². The molecule has 0 aromatic rings. The van der Waals surface area contributed by atoms with Crippen molar-refractivity contribution < 1.29 is 4.79 Å². The topological polar surface area (TPSA) is 46.3 Å². The van der Waals surface area contributed by atoms with Gasteiger partial charge in [-0.2, -0.15) is 0 Å². The van der Waals surface area contributed by atoms with Crippen molar-refractivity contribution in [1.82, 2.24) is 4.90 Å². The summed E-state index contributed by atoms with van der Waals surface area (Å²) in [6, 6.07) is 0. The third-order valence-corrected chi connectivity index (χ3v) is 7.24. The van der Waals surface area contributed by atoms with Crippen LogP contribution in [0.1, 0.15) is 58.3 Å². The maximum absolute atomic E-state index is 13.2. The fourth-order valence-corrected chi connectivity index (χ4v) is 6.16. The molecule has 4 aliphatic carbocycles. The first-order valence-corrected chi connectivity index (χ1v) is 9.01. The van der Waals surface area contributed by atoms with Crippen LogP contribution in [0.15, 0.2) is 0 Å². The van der Waals surface area contributed by atoms with Gasteiger partial charge in [0.1, 0.15) is 0 Å². The molecule has 0 radical (unpaired) electrons. The summed E-state index contributed by atoms with van der Waals surface area (Å²) in [5.74, 6) is 3.10. The number of likely N-dealkylation sites (tertiary alicyclic amines) is 1. The predicted octanol–water partition coefficient (Wildman–Crippen LogP) is 2.79. The average molecular weight is 290 g/mol. The molecule has 5 rings (SSSR count). The van der Waals surface area contributed by atoms with E-state index < -0.39 is 0 Å². The second kappa shape index (κ2) is 4.71. The smallest absolute Gasteiger partial charge is 0.228 e. The van der Waals surface area contributed by atoms with Gasteiger partial charge in [-0.3, -0.25) is 4.79 Å². The molecule has 1 amide bonds. The summed E-state index contributed by atoms with van der Waals surface area (Å²) < 4.78 is 0. The lowest BCUT2D eigenvalue weighted by molar-refractivity contribution is -0.159. The van der Waals surface area contributed by atoms with Crippen LogP contribution < -0.4 is 5.73 Å². The SMILES string of the molecule is CC1(CN)CCN(C(=O)C23CC4CC(CC(C4)C2)C3)CC1.